The molecule has 4 rings (SSSR count). The molecular formula is C25H26N2O3. The molecule has 0 saturated heterocycles. The van der Waals surface area contributed by atoms with E-state index < -0.39 is 5.97 Å². The van der Waals surface area contributed by atoms with Crippen molar-refractivity contribution in [1.82, 2.24) is 9.55 Å². The Hall–Kier alpha value is -3.34. The van der Waals surface area contributed by atoms with Gasteiger partial charge in [-0.05, 0) is 35.6 Å². The first-order valence-corrected chi connectivity index (χ1v) is 10.5. The van der Waals surface area contributed by atoms with E-state index in [4.69, 9.17) is 4.74 Å². The van der Waals surface area contributed by atoms with Crippen LogP contribution < -0.4 is 4.74 Å². The summed E-state index contributed by atoms with van der Waals surface area (Å²) in [5.41, 5.74) is 4.56. The van der Waals surface area contributed by atoms with E-state index in [1.54, 1.807) is 0 Å². The van der Waals surface area contributed by atoms with Crippen molar-refractivity contribution >= 4 is 11.5 Å². The third-order valence-electron chi connectivity index (χ3n) is 5.52. The summed E-state index contributed by atoms with van der Waals surface area (Å²) in [4.78, 5) is 16.2. The Labute approximate surface area is 176 Å². The summed E-state index contributed by atoms with van der Waals surface area (Å²) in [7, 11) is 0. The standard InChI is InChI=1S/C25H26N2O3/c1-2-3-11-23-26-13-15-27(23)14-12-18-8-6-10-22-25(18)21(16-24(28)29)20-9-5-4-7-19(20)17-30-22/h4-10,13,15-16H,2-3,11-12,14,17H2,1H3,(H,28,29). The molecule has 0 bridgehead atoms. The minimum atomic E-state index is -0.959. The molecule has 0 fully saturated rings. The number of rotatable bonds is 7. The van der Waals surface area contributed by atoms with Crippen LogP contribution in [0.2, 0.25) is 0 Å². The molecule has 1 N–H and O–H groups in total. The largest absolute Gasteiger partial charge is 0.488 e. The van der Waals surface area contributed by atoms with Gasteiger partial charge in [0.25, 0.3) is 0 Å². The lowest BCUT2D eigenvalue weighted by atomic mass is 9.90. The quantitative estimate of drug-likeness (QED) is 0.572. The van der Waals surface area contributed by atoms with Crippen molar-refractivity contribution in [3.05, 3.63) is 89.0 Å². The van der Waals surface area contributed by atoms with Gasteiger partial charge < -0.3 is 14.4 Å². The zero-order chi connectivity index (χ0) is 20.9. The van der Waals surface area contributed by atoms with Gasteiger partial charge >= 0.3 is 5.97 Å². The number of ether oxygens (including phenoxy) is 1. The Balaban J connectivity index is 1.72. The van der Waals surface area contributed by atoms with Crippen LogP contribution in [0.25, 0.3) is 5.57 Å². The summed E-state index contributed by atoms with van der Waals surface area (Å²) in [6.45, 7) is 3.39. The minimum absolute atomic E-state index is 0.423. The van der Waals surface area contributed by atoms with Gasteiger partial charge in [0, 0.05) is 42.6 Å². The van der Waals surface area contributed by atoms with E-state index in [1.165, 1.54) is 6.08 Å². The van der Waals surface area contributed by atoms with Crippen LogP contribution in [0.4, 0.5) is 0 Å². The predicted molar refractivity (Wildman–Crippen MR) is 116 cm³/mol. The molecule has 3 aromatic rings. The molecule has 2 aromatic carbocycles. The second-order valence-electron chi connectivity index (χ2n) is 7.52. The van der Waals surface area contributed by atoms with Crippen LogP contribution >= 0.6 is 0 Å². The predicted octanol–water partition coefficient (Wildman–Crippen LogP) is 4.88. The monoisotopic (exact) mass is 402 g/mol. The van der Waals surface area contributed by atoms with E-state index in [9.17, 15) is 9.90 Å². The normalized spacial score (nSPS) is 14.0. The lowest BCUT2D eigenvalue weighted by Crippen LogP contribution is -2.08. The highest BCUT2D eigenvalue weighted by molar-refractivity contribution is 5.98. The summed E-state index contributed by atoms with van der Waals surface area (Å²) in [5, 5.41) is 9.57. The number of carbonyl (C=O) groups is 1. The number of unbranched alkanes of at least 4 members (excludes halogenated alkanes) is 1. The fraction of sp³-hybridized carbons (Fsp3) is 0.280. The van der Waals surface area contributed by atoms with Crippen LogP contribution in [0.15, 0.2) is 60.9 Å². The van der Waals surface area contributed by atoms with Gasteiger partial charge in [-0.15, -0.1) is 0 Å². The first-order chi connectivity index (χ1) is 14.7. The maximum atomic E-state index is 11.7. The molecule has 0 saturated carbocycles. The first kappa shape index (κ1) is 20.0. The van der Waals surface area contributed by atoms with Crippen LogP contribution in [0.1, 0.15) is 47.8 Å². The van der Waals surface area contributed by atoms with Gasteiger partial charge in [0.15, 0.2) is 0 Å². The third-order valence-corrected chi connectivity index (χ3v) is 5.52. The van der Waals surface area contributed by atoms with Gasteiger partial charge in [0.05, 0.1) is 0 Å². The van der Waals surface area contributed by atoms with E-state index in [0.717, 1.165) is 66.1 Å². The fourth-order valence-electron chi connectivity index (χ4n) is 4.03. The second-order valence-corrected chi connectivity index (χ2v) is 7.52. The lowest BCUT2D eigenvalue weighted by molar-refractivity contribution is -0.131. The molecule has 0 radical (unpaired) electrons. The van der Waals surface area contributed by atoms with Crippen molar-refractivity contribution in [3.63, 3.8) is 0 Å². The number of fused-ring (bicyclic) bond motifs is 2. The number of nitrogens with zero attached hydrogens (tertiary/aromatic N) is 2. The number of carboxylic acids is 1. The molecule has 5 heteroatoms. The highest BCUT2D eigenvalue weighted by Gasteiger charge is 2.22. The number of imidazole rings is 1. The van der Waals surface area contributed by atoms with Gasteiger partial charge in [-0.2, -0.15) is 0 Å². The lowest BCUT2D eigenvalue weighted by Gasteiger charge is -2.16. The summed E-state index contributed by atoms with van der Waals surface area (Å²) < 4.78 is 8.28. The Bertz CT molecular complexity index is 1080. The van der Waals surface area contributed by atoms with Crippen molar-refractivity contribution < 1.29 is 14.6 Å². The van der Waals surface area contributed by atoms with Crippen LogP contribution in [0.3, 0.4) is 0 Å². The smallest absolute Gasteiger partial charge is 0.328 e. The molecule has 1 aliphatic heterocycles. The highest BCUT2D eigenvalue weighted by atomic mass is 16.5. The number of aromatic nitrogens is 2. The van der Waals surface area contributed by atoms with Gasteiger partial charge in [0.1, 0.15) is 18.2 Å². The molecule has 5 nitrogen and oxygen atoms in total. The minimum Gasteiger partial charge on any atom is -0.488 e. The molecular weight excluding hydrogens is 376 g/mol. The Kier molecular flexibility index (Phi) is 5.98. The Morgan fingerprint density at radius 3 is 2.90 bits per heavy atom. The zero-order valence-corrected chi connectivity index (χ0v) is 17.2. The van der Waals surface area contributed by atoms with Crippen molar-refractivity contribution in [2.45, 2.75) is 45.8 Å². The van der Waals surface area contributed by atoms with Gasteiger partial charge in [-0.3, -0.25) is 0 Å². The summed E-state index contributed by atoms with van der Waals surface area (Å²) in [6, 6.07) is 13.8. The number of aliphatic carboxylic acids is 1. The average Bonchev–Trinajstić information content (AvgIpc) is 3.14. The Morgan fingerprint density at radius 2 is 2.07 bits per heavy atom. The topological polar surface area (TPSA) is 64.4 Å². The van der Waals surface area contributed by atoms with Gasteiger partial charge in [-0.25, -0.2) is 9.78 Å². The molecule has 0 spiro atoms. The number of carboxylic acid groups (broad SMARTS) is 1. The molecule has 0 unspecified atom stereocenters. The first-order valence-electron chi connectivity index (χ1n) is 10.5. The number of benzene rings is 2. The van der Waals surface area contributed by atoms with E-state index in [1.807, 2.05) is 48.8 Å². The van der Waals surface area contributed by atoms with Gasteiger partial charge in [-0.1, -0.05) is 49.7 Å². The van der Waals surface area contributed by atoms with Crippen molar-refractivity contribution in [2.75, 3.05) is 0 Å². The number of aryl methyl sites for hydroxylation is 3. The maximum absolute atomic E-state index is 11.7. The van der Waals surface area contributed by atoms with E-state index in [-0.39, 0.29) is 0 Å². The maximum Gasteiger partial charge on any atom is 0.328 e. The molecule has 0 aliphatic carbocycles. The molecule has 2 heterocycles. The van der Waals surface area contributed by atoms with E-state index >= 15 is 0 Å². The SMILES string of the molecule is CCCCc1nccn1CCc1cccc2c1C(=CC(=O)O)c1ccccc1CO2. The molecule has 30 heavy (non-hydrogen) atoms. The fourth-order valence-corrected chi connectivity index (χ4v) is 4.03. The molecule has 1 aliphatic rings. The Morgan fingerprint density at radius 1 is 1.20 bits per heavy atom. The van der Waals surface area contributed by atoms with Gasteiger partial charge in [0.2, 0.25) is 0 Å². The molecule has 154 valence electrons. The van der Waals surface area contributed by atoms with Crippen LogP contribution in [0.5, 0.6) is 5.75 Å². The third kappa shape index (κ3) is 4.15. The van der Waals surface area contributed by atoms with Crippen LogP contribution in [-0.2, 0) is 30.8 Å². The highest BCUT2D eigenvalue weighted by Crippen LogP contribution is 2.39. The van der Waals surface area contributed by atoms with Crippen LogP contribution in [0, 0.1) is 0 Å². The van der Waals surface area contributed by atoms with E-state index in [2.05, 4.69) is 22.5 Å². The average molecular weight is 402 g/mol. The molecule has 0 amide bonds. The number of hydrogen-bond donors (Lipinski definition) is 1. The van der Waals surface area contributed by atoms with E-state index in [0.29, 0.717) is 12.2 Å². The summed E-state index contributed by atoms with van der Waals surface area (Å²) in [5.74, 6) is 0.869. The summed E-state index contributed by atoms with van der Waals surface area (Å²) >= 11 is 0. The molecule has 1 aromatic heterocycles. The second kappa shape index (κ2) is 8.99. The van der Waals surface area contributed by atoms with Crippen molar-refractivity contribution in [3.8, 4) is 5.75 Å². The van der Waals surface area contributed by atoms with Crippen molar-refractivity contribution in [2.24, 2.45) is 0 Å². The number of hydrogen-bond acceptors (Lipinski definition) is 3. The molecule has 0 atom stereocenters. The zero-order valence-electron chi connectivity index (χ0n) is 17.2. The summed E-state index contributed by atoms with van der Waals surface area (Å²) in [6.07, 6.45) is 9.17. The van der Waals surface area contributed by atoms with Crippen LogP contribution in [-0.4, -0.2) is 20.6 Å². The van der Waals surface area contributed by atoms with Crippen molar-refractivity contribution in [1.29, 1.82) is 0 Å².